The number of hydrogen-bond acceptors (Lipinski definition) is 4. The van der Waals surface area contributed by atoms with Crippen LogP contribution in [0.2, 0.25) is 0 Å². The number of nitrogens with one attached hydrogen (secondary N) is 1. The zero-order valence-electron chi connectivity index (χ0n) is 13.6. The van der Waals surface area contributed by atoms with Crippen LogP contribution in [0.25, 0.3) is 0 Å². The molecule has 1 saturated heterocycles. The second kappa shape index (κ2) is 5.63. The van der Waals surface area contributed by atoms with Gasteiger partial charge in [0.1, 0.15) is 11.4 Å². The first-order valence-electron chi connectivity index (χ1n) is 8.12. The van der Waals surface area contributed by atoms with Crippen molar-refractivity contribution < 1.29 is 22.4 Å². The normalized spacial score (nSPS) is 22.4. The van der Waals surface area contributed by atoms with E-state index >= 15 is 0 Å². The highest BCUT2D eigenvalue weighted by Crippen LogP contribution is 2.41. The molecule has 2 aromatic carbocycles. The maximum Gasteiger partial charge on any atom is 0.339 e. The van der Waals surface area contributed by atoms with Gasteiger partial charge in [0.05, 0.1) is 4.90 Å². The highest BCUT2D eigenvalue weighted by atomic mass is 32.2. The Balaban J connectivity index is 1.81. The molecule has 4 rings (SSSR count). The molecule has 26 heavy (non-hydrogen) atoms. The number of carbonyl (C=O) groups excluding carboxylic acids is 2. The lowest BCUT2D eigenvalue weighted by atomic mass is 9.76. The zero-order valence-corrected chi connectivity index (χ0v) is 14.4. The van der Waals surface area contributed by atoms with E-state index in [0.717, 1.165) is 36.2 Å². The number of aryl methyl sites for hydroxylation is 1. The van der Waals surface area contributed by atoms with Gasteiger partial charge in [-0.05, 0) is 54.7 Å². The average Bonchev–Trinajstić information content (AvgIpc) is 2.87. The molecule has 1 spiro atoms. The van der Waals surface area contributed by atoms with Crippen molar-refractivity contribution in [3.63, 3.8) is 0 Å². The summed E-state index contributed by atoms with van der Waals surface area (Å²) in [4.78, 5) is 25.3. The standard InChI is InChI=1S/C18H15FN2O4S/c19-13-7-9-14(10-8-13)26(24,25)21-16(22)18(20-17(21)23)11-3-5-12-4-1-2-6-15(12)18/h1-2,4,6-10H,3,5,11H2,(H,20,23). The highest BCUT2D eigenvalue weighted by molar-refractivity contribution is 7.90. The predicted octanol–water partition coefficient (Wildman–Crippen LogP) is 2.30. The van der Waals surface area contributed by atoms with Gasteiger partial charge in [-0.3, -0.25) is 4.79 Å². The third-order valence-electron chi connectivity index (χ3n) is 4.88. The van der Waals surface area contributed by atoms with Crippen molar-refractivity contribution in [2.24, 2.45) is 0 Å². The van der Waals surface area contributed by atoms with Crippen LogP contribution in [-0.4, -0.2) is 24.7 Å². The molecule has 0 radical (unpaired) electrons. The van der Waals surface area contributed by atoms with Crippen molar-refractivity contribution >= 4 is 22.0 Å². The van der Waals surface area contributed by atoms with Crippen LogP contribution in [0.15, 0.2) is 53.4 Å². The van der Waals surface area contributed by atoms with Crippen molar-refractivity contribution in [3.8, 4) is 0 Å². The number of urea groups is 1. The summed E-state index contributed by atoms with van der Waals surface area (Å²) in [6, 6.07) is 10.2. The summed E-state index contributed by atoms with van der Waals surface area (Å²) in [7, 11) is -4.43. The van der Waals surface area contributed by atoms with Crippen molar-refractivity contribution in [2.45, 2.75) is 29.7 Å². The van der Waals surface area contributed by atoms with Crippen LogP contribution in [0, 0.1) is 5.82 Å². The SMILES string of the molecule is O=C1NC2(CCCc3ccccc32)C(=O)N1S(=O)(=O)c1ccc(F)cc1. The first-order valence-corrected chi connectivity index (χ1v) is 9.56. The van der Waals surface area contributed by atoms with E-state index in [9.17, 15) is 22.4 Å². The van der Waals surface area contributed by atoms with Crippen LogP contribution < -0.4 is 5.32 Å². The molecule has 0 saturated carbocycles. The molecule has 6 nitrogen and oxygen atoms in total. The van der Waals surface area contributed by atoms with Crippen LogP contribution in [0.3, 0.4) is 0 Å². The Labute approximate surface area is 149 Å². The monoisotopic (exact) mass is 374 g/mol. The lowest BCUT2D eigenvalue weighted by molar-refractivity contribution is -0.128. The van der Waals surface area contributed by atoms with Crippen molar-refractivity contribution in [1.29, 1.82) is 0 Å². The molecule has 1 aliphatic carbocycles. The number of hydrogen-bond donors (Lipinski definition) is 1. The van der Waals surface area contributed by atoms with E-state index in [1.165, 1.54) is 0 Å². The fourth-order valence-electron chi connectivity index (χ4n) is 3.67. The van der Waals surface area contributed by atoms with E-state index in [-0.39, 0.29) is 9.20 Å². The molecule has 0 aromatic heterocycles. The molecule has 1 fully saturated rings. The Bertz CT molecular complexity index is 1020. The number of sulfonamides is 1. The molecule has 1 unspecified atom stereocenters. The smallest absolute Gasteiger partial charge is 0.318 e. The average molecular weight is 374 g/mol. The summed E-state index contributed by atoms with van der Waals surface area (Å²) in [6.07, 6.45) is 1.73. The van der Waals surface area contributed by atoms with Gasteiger partial charge < -0.3 is 5.32 Å². The summed E-state index contributed by atoms with van der Waals surface area (Å²) >= 11 is 0. The van der Waals surface area contributed by atoms with Gasteiger partial charge in [0.15, 0.2) is 0 Å². The van der Waals surface area contributed by atoms with Crippen LogP contribution in [0.5, 0.6) is 0 Å². The van der Waals surface area contributed by atoms with Gasteiger partial charge in [-0.1, -0.05) is 24.3 Å². The largest absolute Gasteiger partial charge is 0.339 e. The third kappa shape index (κ3) is 2.25. The van der Waals surface area contributed by atoms with Crippen molar-refractivity contribution in [1.82, 2.24) is 9.62 Å². The van der Waals surface area contributed by atoms with Gasteiger partial charge in [-0.25, -0.2) is 17.6 Å². The number of carbonyl (C=O) groups is 2. The van der Waals surface area contributed by atoms with E-state index in [2.05, 4.69) is 5.32 Å². The molecule has 2 aliphatic rings. The topological polar surface area (TPSA) is 83.6 Å². The quantitative estimate of drug-likeness (QED) is 0.818. The fourth-order valence-corrected chi connectivity index (χ4v) is 5.00. The molecule has 3 amide bonds. The summed E-state index contributed by atoms with van der Waals surface area (Å²) in [5.41, 5.74) is 0.161. The number of imide groups is 1. The second-order valence-electron chi connectivity index (χ2n) is 6.37. The number of rotatable bonds is 2. The Morgan fingerprint density at radius 1 is 1.04 bits per heavy atom. The van der Waals surface area contributed by atoms with Crippen molar-refractivity contribution in [2.75, 3.05) is 0 Å². The van der Waals surface area contributed by atoms with E-state index in [1.54, 1.807) is 12.1 Å². The minimum Gasteiger partial charge on any atom is -0.318 e. The van der Waals surface area contributed by atoms with Gasteiger partial charge in [0.2, 0.25) is 0 Å². The zero-order chi connectivity index (χ0) is 18.5. The Morgan fingerprint density at radius 3 is 2.46 bits per heavy atom. The molecule has 8 heteroatoms. The molecule has 1 aliphatic heterocycles. The first-order chi connectivity index (χ1) is 12.4. The summed E-state index contributed by atoms with van der Waals surface area (Å²) < 4.78 is 39.0. The highest BCUT2D eigenvalue weighted by Gasteiger charge is 2.57. The lowest BCUT2D eigenvalue weighted by Crippen LogP contribution is -2.47. The molecule has 1 atom stereocenters. The third-order valence-corrected chi connectivity index (χ3v) is 6.56. The Hall–Kier alpha value is -2.74. The first kappa shape index (κ1) is 16.7. The Morgan fingerprint density at radius 2 is 1.73 bits per heavy atom. The van der Waals surface area contributed by atoms with Gasteiger partial charge in [0.25, 0.3) is 15.9 Å². The maximum absolute atomic E-state index is 13.1. The predicted molar refractivity (Wildman–Crippen MR) is 90.0 cm³/mol. The van der Waals surface area contributed by atoms with Crippen molar-refractivity contribution in [3.05, 3.63) is 65.5 Å². The van der Waals surface area contributed by atoms with Crippen LogP contribution >= 0.6 is 0 Å². The minimum atomic E-state index is -4.43. The second-order valence-corrected chi connectivity index (χ2v) is 8.16. The number of amides is 3. The fraction of sp³-hybridized carbons (Fsp3) is 0.222. The van der Waals surface area contributed by atoms with Crippen LogP contribution in [-0.2, 0) is 26.8 Å². The van der Waals surface area contributed by atoms with E-state index < -0.39 is 33.3 Å². The molecule has 2 aromatic rings. The molecule has 0 bridgehead atoms. The molecule has 134 valence electrons. The summed E-state index contributed by atoms with van der Waals surface area (Å²) in [5.74, 6) is -1.43. The van der Waals surface area contributed by atoms with E-state index in [1.807, 2.05) is 12.1 Å². The van der Waals surface area contributed by atoms with Gasteiger partial charge in [0, 0.05) is 0 Å². The number of fused-ring (bicyclic) bond motifs is 2. The van der Waals surface area contributed by atoms with Gasteiger partial charge in [-0.2, -0.15) is 0 Å². The number of halogens is 1. The Kier molecular flexibility index (Phi) is 3.62. The lowest BCUT2D eigenvalue weighted by Gasteiger charge is -2.33. The van der Waals surface area contributed by atoms with E-state index in [0.29, 0.717) is 18.4 Å². The number of benzene rings is 2. The molecule has 1 N–H and O–H groups in total. The maximum atomic E-state index is 13.1. The molecular weight excluding hydrogens is 359 g/mol. The minimum absolute atomic E-state index is 0.266. The number of nitrogens with zero attached hydrogens (tertiary/aromatic N) is 1. The van der Waals surface area contributed by atoms with Crippen LogP contribution in [0.4, 0.5) is 9.18 Å². The summed E-state index contributed by atoms with van der Waals surface area (Å²) in [6.45, 7) is 0. The molecular formula is C18H15FN2O4S. The van der Waals surface area contributed by atoms with E-state index in [4.69, 9.17) is 0 Å². The summed E-state index contributed by atoms with van der Waals surface area (Å²) in [5, 5.41) is 2.60. The van der Waals surface area contributed by atoms with Crippen LogP contribution in [0.1, 0.15) is 24.0 Å². The van der Waals surface area contributed by atoms with Gasteiger partial charge >= 0.3 is 6.03 Å². The van der Waals surface area contributed by atoms with Gasteiger partial charge in [-0.15, -0.1) is 4.31 Å². The molecule has 1 heterocycles.